The summed E-state index contributed by atoms with van der Waals surface area (Å²) in [6, 6.07) is 0. The maximum absolute atomic E-state index is 9.13. The van der Waals surface area contributed by atoms with Crippen LogP contribution in [0, 0.1) is 0 Å². The molecule has 1 atom stereocenters. The molecular formula is C8H14O. The molecule has 1 rings (SSSR count). The summed E-state index contributed by atoms with van der Waals surface area (Å²) < 4.78 is 0. The molecule has 0 spiro atoms. The molecule has 1 nitrogen and oxygen atoms in total. The molecule has 0 bridgehead atoms. The van der Waals surface area contributed by atoms with Gasteiger partial charge < -0.3 is 5.11 Å². The molecule has 0 heterocycles. The smallest absolute Gasteiger partial charge is 0.0720 e. The van der Waals surface area contributed by atoms with Crippen LogP contribution >= 0.6 is 0 Å². The fraction of sp³-hybridized carbons (Fsp3) is 0.750. The average Bonchev–Trinajstić information content (AvgIpc) is 1.79. The Morgan fingerprint density at radius 1 is 1.22 bits per heavy atom. The van der Waals surface area contributed by atoms with Crippen molar-refractivity contribution in [3.8, 4) is 0 Å². The lowest BCUT2D eigenvalue weighted by Gasteiger charge is -2.07. The second kappa shape index (κ2) is 3.67. The van der Waals surface area contributed by atoms with E-state index in [0.29, 0.717) is 0 Å². The molecule has 0 radical (unpaired) electrons. The van der Waals surface area contributed by atoms with Gasteiger partial charge in [0, 0.05) is 0 Å². The second-order valence-electron chi connectivity index (χ2n) is 2.63. The summed E-state index contributed by atoms with van der Waals surface area (Å²) >= 11 is 0. The van der Waals surface area contributed by atoms with Crippen LogP contribution in [-0.2, 0) is 0 Å². The van der Waals surface area contributed by atoms with Crippen LogP contribution in [0.15, 0.2) is 12.2 Å². The third kappa shape index (κ3) is 2.66. The molecule has 52 valence electrons. The van der Waals surface area contributed by atoms with Crippen LogP contribution in [0.4, 0.5) is 0 Å². The number of hydrogen-bond acceptors (Lipinski definition) is 1. The predicted octanol–water partition coefficient (Wildman–Crippen LogP) is 1.87. The minimum atomic E-state index is -0.162. The van der Waals surface area contributed by atoms with Crippen molar-refractivity contribution in [1.29, 1.82) is 0 Å². The first-order valence-corrected chi connectivity index (χ1v) is 3.74. The number of hydrogen-bond donors (Lipinski definition) is 1. The van der Waals surface area contributed by atoms with Crippen LogP contribution in [0.1, 0.15) is 32.1 Å². The maximum atomic E-state index is 9.13. The lowest BCUT2D eigenvalue weighted by molar-refractivity contribution is 0.206. The normalized spacial score (nSPS) is 29.2. The molecule has 0 aliphatic heterocycles. The van der Waals surface area contributed by atoms with Crippen LogP contribution in [0.25, 0.3) is 0 Å². The first-order chi connectivity index (χ1) is 4.39. The highest BCUT2D eigenvalue weighted by atomic mass is 16.3. The Labute approximate surface area is 56.4 Å². The van der Waals surface area contributed by atoms with E-state index in [2.05, 4.69) is 6.08 Å². The zero-order valence-electron chi connectivity index (χ0n) is 5.71. The SMILES string of the molecule is OC1C=CCCCCC1. The fourth-order valence-electron chi connectivity index (χ4n) is 1.14. The molecule has 0 aromatic rings. The van der Waals surface area contributed by atoms with E-state index in [9.17, 15) is 0 Å². The monoisotopic (exact) mass is 126 g/mol. The van der Waals surface area contributed by atoms with Gasteiger partial charge in [0.15, 0.2) is 0 Å². The van der Waals surface area contributed by atoms with Crippen LogP contribution in [0.3, 0.4) is 0 Å². The first-order valence-electron chi connectivity index (χ1n) is 3.74. The highest BCUT2D eigenvalue weighted by Crippen LogP contribution is 2.10. The van der Waals surface area contributed by atoms with Gasteiger partial charge in [-0.1, -0.05) is 25.0 Å². The summed E-state index contributed by atoms with van der Waals surface area (Å²) in [6.07, 6.45) is 9.71. The van der Waals surface area contributed by atoms with Crippen molar-refractivity contribution in [2.24, 2.45) is 0 Å². The number of aliphatic hydroxyl groups is 1. The summed E-state index contributed by atoms with van der Waals surface area (Å²) in [4.78, 5) is 0. The van der Waals surface area contributed by atoms with Gasteiger partial charge in [0.25, 0.3) is 0 Å². The van der Waals surface area contributed by atoms with E-state index in [-0.39, 0.29) is 6.10 Å². The molecule has 1 N–H and O–H groups in total. The van der Waals surface area contributed by atoms with Crippen molar-refractivity contribution >= 4 is 0 Å². The topological polar surface area (TPSA) is 20.2 Å². The van der Waals surface area contributed by atoms with Gasteiger partial charge in [-0.3, -0.25) is 0 Å². The first kappa shape index (κ1) is 6.81. The predicted molar refractivity (Wildman–Crippen MR) is 38.2 cm³/mol. The Morgan fingerprint density at radius 2 is 2.11 bits per heavy atom. The van der Waals surface area contributed by atoms with Crippen molar-refractivity contribution in [2.75, 3.05) is 0 Å². The molecule has 1 unspecified atom stereocenters. The Morgan fingerprint density at radius 3 is 3.00 bits per heavy atom. The van der Waals surface area contributed by atoms with E-state index < -0.39 is 0 Å². The molecule has 0 aromatic carbocycles. The molecule has 1 heteroatoms. The van der Waals surface area contributed by atoms with Crippen molar-refractivity contribution in [3.05, 3.63) is 12.2 Å². The lowest BCUT2D eigenvalue weighted by atomic mass is 10.0. The average molecular weight is 126 g/mol. The van der Waals surface area contributed by atoms with Gasteiger partial charge in [-0.15, -0.1) is 0 Å². The molecule has 0 saturated heterocycles. The van der Waals surface area contributed by atoms with Gasteiger partial charge in [0.05, 0.1) is 6.10 Å². The van der Waals surface area contributed by atoms with Crippen LogP contribution < -0.4 is 0 Å². The Balaban J connectivity index is 2.30. The standard InChI is InChI=1S/C8H14O/c9-8-6-4-2-1-3-5-7-8/h4,6,8-9H,1-3,5,7H2. The van der Waals surface area contributed by atoms with Crippen LogP contribution in [0.5, 0.6) is 0 Å². The fourth-order valence-corrected chi connectivity index (χ4v) is 1.14. The van der Waals surface area contributed by atoms with Gasteiger partial charge in [0.2, 0.25) is 0 Å². The van der Waals surface area contributed by atoms with Crippen molar-refractivity contribution < 1.29 is 5.11 Å². The summed E-state index contributed by atoms with van der Waals surface area (Å²) in [5, 5.41) is 9.13. The zero-order valence-corrected chi connectivity index (χ0v) is 5.71. The largest absolute Gasteiger partial charge is 0.389 e. The minimum absolute atomic E-state index is 0.162. The van der Waals surface area contributed by atoms with Crippen LogP contribution in [-0.4, -0.2) is 11.2 Å². The van der Waals surface area contributed by atoms with Crippen molar-refractivity contribution in [2.45, 2.75) is 38.2 Å². The van der Waals surface area contributed by atoms with E-state index in [0.717, 1.165) is 12.8 Å². The number of aliphatic hydroxyl groups excluding tert-OH is 1. The maximum Gasteiger partial charge on any atom is 0.0720 e. The Bertz CT molecular complexity index is 96.7. The zero-order chi connectivity index (χ0) is 6.53. The van der Waals surface area contributed by atoms with Crippen molar-refractivity contribution in [3.63, 3.8) is 0 Å². The Hall–Kier alpha value is -0.300. The van der Waals surface area contributed by atoms with E-state index in [4.69, 9.17) is 5.11 Å². The molecular weight excluding hydrogens is 112 g/mol. The number of rotatable bonds is 0. The third-order valence-electron chi connectivity index (χ3n) is 1.73. The molecule has 1 aliphatic carbocycles. The van der Waals surface area contributed by atoms with E-state index in [1.54, 1.807) is 0 Å². The lowest BCUT2D eigenvalue weighted by Crippen LogP contribution is -2.02. The van der Waals surface area contributed by atoms with Gasteiger partial charge in [-0.2, -0.15) is 0 Å². The molecule has 0 amide bonds. The van der Waals surface area contributed by atoms with Gasteiger partial charge in [-0.25, -0.2) is 0 Å². The third-order valence-corrected chi connectivity index (χ3v) is 1.73. The molecule has 0 saturated carbocycles. The van der Waals surface area contributed by atoms with E-state index in [1.165, 1.54) is 19.3 Å². The molecule has 9 heavy (non-hydrogen) atoms. The highest BCUT2D eigenvalue weighted by Gasteiger charge is 2.00. The molecule has 0 fully saturated rings. The van der Waals surface area contributed by atoms with E-state index in [1.807, 2.05) is 6.08 Å². The van der Waals surface area contributed by atoms with E-state index >= 15 is 0 Å². The second-order valence-corrected chi connectivity index (χ2v) is 2.63. The minimum Gasteiger partial charge on any atom is -0.389 e. The van der Waals surface area contributed by atoms with Gasteiger partial charge in [0.1, 0.15) is 0 Å². The number of allylic oxidation sites excluding steroid dienone is 1. The summed E-state index contributed by atoms with van der Waals surface area (Å²) in [7, 11) is 0. The van der Waals surface area contributed by atoms with Gasteiger partial charge >= 0.3 is 0 Å². The summed E-state index contributed by atoms with van der Waals surface area (Å²) in [5.41, 5.74) is 0. The Kier molecular flexibility index (Phi) is 2.78. The molecule has 1 aliphatic rings. The summed E-state index contributed by atoms with van der Waals surface area (Å²) in [5.74, 6) is 0. The van der Waals surface area contributed by atoms with Crippen molar-refractivity contribution in [1.82, 2.24) is 0 Å². The highest BCUT2D eigenvalue weighted by molar-refractivity contribution is 4.89. The molecule has 0 aromatic heterocycles. The summed E-state index contributed by atoms with van der Waals surface area (Å²) in [6.45, 7) is 0. The van der Waals surface area contributed by atoms with Gasteiger partial charge in [-0.05, 0) is 19.3 Å². The van der Waals surface area contributed by atoms with Crippen LogP contribution in [0.2, 0.25) is 0 Å². The quantitative estimate of drug-likeness (QED) is 0.491.